The molecule has 2 aliphatic rings. The number of ether oxygens (including phenoxy) is 2. The van der Waals surface area contributed by atoms with Crippen molar-refractivity contribution in [1.29, 1.82) is 0 Å². The maximum Gasteiger partial charge on any atom is 0.472 e. The molecule has 7 heteroatoms. The van der Waals surface area contributed by atoms with Crippen molar-refractivity contribution in [3.05, 3.63) is 0 Å². The number of hydrogen-bond donors (Lipinski definition) is 1. The van der Waals surface area contributed by atoms with Crippen LogP contribution in [0.2, 0.25) is 0 Å². The van der Waals surface area contributed by atoms with Gasteiger partial charge in [0.15, 0.2) is 0 Å². The third-order valence-corrected chi connectivity index (χ3v) is 4.61. The van der Waals surface area contributed by atoms with Crippen molar-refractivity contribution in [2.24, 2.45) is 0 Å². The lowest BCUT2D eigenvalue weighted by molar-refractivity contribution is -0.0787. The molecule has 0 aromatic heterocycles. The molecule has 17 heavy (non-hydrogen) atoms. The van der Waals surface area contributed by atoms with Crippen LogP contribution in [0.3, 0.4) is 0 Å². The van der Waals surface area contributed by atoms with Gasteiger partial charge in [-0.15, -0.1) is 0 Å². The Morgan fingerprint density at radius 1 is 1.47 bits per heavy atom. The molecular weight excluding hydrogens is 247 g/mol. The minimum absolute atomic E-state index is 0.00481. The van der Waals surface area contributed by atoms with E-state index in [1.807, 2.05) is 6.92 Å². The van der Waals surface area contributed by atoms with Gasteiger partial charge in [-0.05, 0) is 19.8 Å². The van der Waals surface area contributed by atoms with Gasteiger partial charge >= 0.3 is 7.82 Å². The normalized spacial score (nSPS) is 44.6. The Kier molecular flexibility index (Phi) is 3.65. The van der Waals surface area contributed by atoms with E-state index in [-0.39, 0.29) is 18.3 Å². The van der Waals surface area contributed by atoms with Crippen LogP contribution < -0.4 is 0 Å². The number of fused-ring (bicyclic) bond motifs is 1. The van der Waals surface area contributed by atoms with E-state index in [1.165, 1.54) is 0 Å². The van der Waals surface area contributed by atoms with Crippen molar-refractivity contribution in [3.63, 3.8) is 0 Å². The lowest BCUT2D eigenvalue weighted by Gasteiger charge is -2.30. The summed E-state index contributed by atoms with van der Waals surface area (Å²) < 4.78 is 32.5. The molecule has 2 rings (SSSR count). The van der Waals surface area contributed by atoms with Crippen LogP contribution in [-0.2, 0) is 23.1 Å². The first-order chi connectivity index (χ1) is 7.92. The summed E-state index contributed by atoms with van der Waals surface area (Å²) in [5.41, 5.74) is -0.750. The fourth-order valence-electron chi connectivity index (χ4n) is 2.88. The van der Waals surface area contributed by atoms with Gasteiger partial charge in [0.1, 0.15) is 11.7 Å². The van der Waals surface area contributed by atoms with Gasteiger partial charge in [0.05, 0.1) is 12.2 Å². The predicted molar refractivity (Wildman–Crippen MR) is 59.6 cm³/mol. The monoisotopic (exact) mass is 266 g/mol. The van der Waals surface area contributed by atoms with Crippen molar-refractivity contribution in [1.82, 2.24) is 0 Å². The molecule has 1 saturated carbocycles. The number of phosphoric acid groups is 1. The average molecular weight is 266 g/mol. The Labute approximate surface area is 101 Å². The zero-order valence-electron chi connectivity index (χ0n) is 10.3. The van der Waals surface area contributed by atoms with Gasteiger partial charge in [0, 0.05) is 20.6 Å². The van der Waals surface area contributed by atoms with Gasteiger partial charge in [-0.2, -0.15) is 0 Å². The summed E-state index contributed by atoms with van der Waals surface area (Å²) in [5, 5.41) is 0. The Morgan fingerprint density at radius 3 is 2.76 bits per heavy atom. The fraction of sp³-hybridized carbons (Fsp3) is 1.00. The van der Waals surface area contributed by atoms with Gasteiger partial charge in [-0.1, -0.05) is 0 Å². The maximum atomic E-state index is 11.6. The van der Waals surface area contributed by atoms with E-state index < -0.39 is 13.4 Å². The molecule has 0 spiro atoms. The summed E-state index contributed by atoms with van der Waals surface area (Å²) in [7, 11) is -1.23. The summed E-state index contributed by atoms with van der Waals surface area (Å²) in [5.74, 6) is 0. The van der Waals surface area contributed by atoms with Crippen molar-refractivity contribution >= 4 is 7.82 Å². The highest BCUT2D eigenvalue weighted by Crippen LogP contribution is 2.56. The molecule has 0 aromatic carbocycles. The van der Waals surface area contributed by atoms with E-state index >= 15 is 0 Å². The van der Waals surface area contributed by atoms with Crippen molar-refractivity contribution in [2.75, 3.05) is 14.2 Å². The van der Waals surface area contributed by atoms with E-state index in [9.17, 15) is 9.46 Å². The lowest BCUT2D eigenvalue weighted by atomic mass is 9.96. The molecule has 6 nitrogen and oxygen atoms in total. The Balaban J connectivity index is 2.19. The Bertz CT molecular complexity index is 335. The molecule has 0 aromatic rings. The summed E-state index contributed by atoms with van der Waals surface area (Å²) >= 11 is 0. The van der Waals surface area contributed by atoms with Crippen molar-refractivity contribution < 1.29 is 28.0 Å². The lowest BCUT2D eigenvalue weighted by Crippen LogP contribution is -2.40. The first-order valence-electron chi connectivity index (χ1n) is 5.70. The smallest absolute Gasteiger partial charge is 0.379 e. The zero-order chi connectivity index (χ0) is 12.7. The number of methoxy groups -OCH3 is 1. The second-order valence-electron chi connectivity index (χ2n) is 4.69. The molecule has 4 unspecified atom stereocenters. The van der Waals surface area contributed by atoms with E-state index in [0.29, 0.717) is 12.8 Å². The quantitative estimate of drug-likeness (QED) is 0.777. The summed E-state index contributed by atoms with van der Waals surface area (Å²) in [4.78, 5) is 9.49. The fourth-order valence-corrected chi connectivity index (χ4v) is 3.68. The Morgan fingerprint density at radius 2 is 2.18 bits per heavy atom. The maximum absolute atomic E-state index is 11.6. The second-order valence-corrected chi connectivity index (χ2v) is 6.18. The number of hydrogen-bond acceptors (Lipinski definition) is 5. The first kappa shape index (κ1) is 13.5. The molecular formula is C10H19O6P. The second kappa shape index (κ2) is 4.61. The third-order valence-electron chi connectivity index (χ3n) is 3.55. The minimum atomic E-state index is -4.00. The molecule has 2 fully saturated rings. The SMILES string of the molecule is CO[C@@H]1CCC2(OP(=O)(O)OC)CC(C)OC12. The zero-order valence-corrected chi connectivity index (χ0v) is 11.2. The van der Waals surface area contributed by atoms with E-state index in [2.05, 4.69) is 4.52 Å². The van der Waals surface area contributed by atoms with Gasteiger partial charge < -0.3 is 14.4 Å². The van der Waals surface area contributed by atoms with Crippen LogP contribution in [-0.4, -0.2) is 43.0 Å². The highest BCUT2D eigenvalue weighted by Gasteiger charge is 2.59. The van der Waals surface area contributed by atoms with Gasteiger partial charge in [-0.25, -0.2) is 4.57 Å². The largest absolute Gasteiger partial charge is 0.472 e. The average Bonchev–Trinajstić information content (AvgIpc) is 2.71. The minimum Gasteiger partial charge on any atom is -0.379 e. The van der Waals surface area contributed by atoms with Crippen LogP contribution in [0.1, 0.15) is 26.2 Å². The summed E-state index contributed by atoms with van der Waals surface area (Å²) in [6.07, 6.45) is 1.61. The number of rotatable bonds is 4. The van der Waals surface area contributed by atoms with Gasteiger partial charge in [0.2, 0.25) is 0 Å². The van der Waals surface area contributed by atoms with Crippen molar-refractivity contribution in [3.8, 4) is 0 Å². The molecule has 1 heterocycles. The Hall–Kier alpha value is 0.0300. The van der Waals surface area contributed by atoms with Gasteiger partial charge in [-0.3, -0.25) is 9.05 Å². The van der Waals surface area contributed by atoms with E-state index in [1.54, 1.807) is 7.11 Å². The predicted octanol–water partition coefficient (Wildman–Crippen LogP) is 1.47. The van der Waals surface area contributed by atoms with Gasteiger partial charge in [0.25, 0.3) is 0 Å². The molecule has 0 radical (unpaired) electrons. The third kappa shape index (κ3) is 2.43. The molecule has 1 N–H and O–H groups in total. The van der Waals surface area contributed by atoms with Crippen LogP contribution in [0, 0.1) is 0 Å². The van der Waals surface area contributed by atoms with Crippen LogP contribution in [0.4, 0.5) is 0 Å². The molecule has 1 aliphatic heterocycles. The molecule has 5 atom stereocenters. The molecule has 0 amide bonds. The number of phosphoric ester groups is 1. The van der Waals surface area contributed by atoms with Crippen LogP contribution in [0.5, 0.6) is 0 Å². The highest BCUT2D eigenvalue weighted by molar-refractivity contribution is 7.47. The van der Waals surface area contributed by atoms with Crippen LogP contribution in [0.15, 0.2) is 0 Å². The van der Waals surface area contributed by atoms with Crippen LogP contribution >= 0.6 is 7.82 Å². The van der Waals surface area contributed by atoms with E-state index in [4.69, 9.17) is 14.0 Å². The van der Waals surface area contributed by atoms with E-state index in [0.717, 1.165) is 13.5 Å². The highest BCUT2D eigenvalue weighted by atomic mass is 31.2. The molecule has 1 aliphatic carbocycles. The van der Waals surface area contributed by atoms with Crippen LogP contribution in [0.25, 0.3) is 0 Å². The summed E-state index contributed by atoms with van der Waals surface area (Å²) in [6, 6.07) is 0. The molecule has 0 bridgehead atoms. The molecule has 1 saturated heterocycles. The molecule has 100 valence electrons. The first-order valence-corrected chi connectivity index (χ1v) is 7.19. The summed E-state index contributed by atoms with van der Waals surface area (Å²) in [6.45, 7) is 1.92. The standard InChI is InChI=1S/C10H19O6P/c1-7-6-10(16-17(11,12)14-3)5-4-8(13-2)9(10)15-7/h7-9H,4-6H2,1-3H3,(H,11,12)/t7?,8-,9?,10?/m1/s1. The topological polar surface area (TPSA) is 74.2 Å². The van der Waals surface area contributed by atoms with Crippen molar-refractivity contribution in [2.45, 2.75) is 50.1 Å².